The van der Waals surface area contributed by atoms with Crippen molar-refractivity contribution in [2.24, 2.45) is 17.8 Å². The summed E-state index contributed by atoms with van der Waals surface area (Å²) in [6.07, 6.45) is -6.39. The molecule has 2 heterocycles. The average Bonchev–Trinajstić information content (AvgIpc) is 3.63. The standard InChI is InChI=1S/C26H29F6N3O2/c1-14(2)36-24(15-3-4-15)19-11-18(25(27,28)29)7-8-20(19)37-23-16-5-6-17(23)13-35(12-16)22-10-9-21(33-34-22)26(30,31)32/h7-11,14-17,23-24H,3-6,12-13H2,1-2H3. The summed E-state index contributed by atoms with van der Waals surface area (Å²) >= 11 is 0. The molecule has 2 aromatic rings. The Morgan fingerprint density at radius 1 is 0.865 bits per heavy atom. The number of fused-ring (bicyclic) bond motifs is 2. The van der Waals surface area contributed by atoms with Crippen LogP contribution in [-0.4, -0.2) is 35.5 Å². The Balaban J connectivity index is 1.37. The second kappa shape index (κ2) is 9.63. The van der Waals surface area contributed by atoms with E-state index >= 15 is 0 Å². The lowest BCUT2D eigenvalue weighted by Crippen LogP contribution is -2.47. The Kier molecular flexibility index (Phi) is 6.79. The van der Waals surface area contributed by atoms with E-state index in [1.54, 1.807) is 0 Å². The summed E-state index contributed by atoms with van der Waals surface area (Å²) in [6, 6.07) is 5.87. The Morgan fingerprint density at radius 3 is 2.05 bits per heavy atom. The van der Waals surface area contributed by atoms with Crippen molar-refractivity contribution in [2.75, 3.05) is 18.0 Å². The van der Waals surface area contributed by atoms with Gasteiger partial charge in [0, 0.05) is 30.5 Å². The summed E-state index contributed by atoms with van der Waals surface area (Å²) in [5.74, 6) is 1.06. The first-order valence-corrected chi connectivity index (χ1v) is 12.6. The molecule has 0 radical (unpaired) electrons. The van der Waals surface area contributed by atoms with Crippen LogP contribution >= 0.6 is 0 Å². The van der Waals surface area contributed by atoms with Gasteiger partial charge in [0.15, 0.2) is 11.5 Å². The Labute approximate surface area is 211 Å². The fourth-order valence-corrected chi connectivity index (χ4v) is 5.53. The number of anilines is 1. The van der Waals surface area contributed by atoms with Gasteiger partial charge in [0.2, 0.25) is 0 Å². The van der Waals surface area contributed by atoms with E-state index in [0.29, 0.717) is 30.2 Å². The molecule has 5 nitrogen and oxygen atoms in total. The van der Waals surface area contributed by atoms with Crippen LogP contribution in [0.25, 0.3) is 0 Å². The van der Waals surface area contributed by atoms with Crippen LogP contribution < -0.4 is 9.64 Å². The second-order valence-electron chi connectivity index (χ2n) is 10.6. The number of piperidine rings is 1. The highest BCUT2D eigenvalue weighted by molar-refractivity contribution is 5.42. The molecular weight excluding hydrogens is 500 g/mol. The Hall–Kier alpha value is -2.56. The largest absolute Gasteiger partial charge is 0.489 e. The lowest BCUT2D eigenvalue weighted by Gasteiger charge is -2.39. The minimum Gasteiger partial charge on any atom is -0.489 e. The molecule has 11 heteroatoms. The molecular formula is C26H29F6N3O2. The molecule has 3 fully saturated rings. The van der Waals surface area contributed by atoms with Crippen molar-refractivity contribution in [3.05, 3.63) is 47.2 Å². The molecule has 2 saturated carbocycles. The van der Waals surface area contributed by atoms with Gasteiger partial charge in [-0.2, -0.15) is 26.3 Å². The van der Waals surface area contributed by atoms with E-state index in [1.807, 2.05) is 18.7 Å². The third kappa shape index (κ3) is 5.66. The number of benzene rings is 1. The molecule has 1 aliphatic heterocycles. The third-order valence-electron chi connectivity index (χ3n) is 7.39. The maximum absolute atomic E-state index is 13.6. The van der Waals surface area contributed by atoms with Gasteiger partial charge in [0.05, 0.1) is 17.8 Å². The van der Waals surface area contributed by atoms with Crippen LogP contribution in [-0.2, 0) is 17.1 Å². The first kappa shape index (κ1) is 26.1. The second-order valence-corrected chi connectivity index (χ2v) is 10.6. The minimum atomic E-state index is -4.55. The van der Waals surface area contributed by atoms with Gasteiger partial charge in [-0.3, -0.25) is 0 Å². The number of hydrogen-bond acceptors (Lipinski definition) is 5. The predicted octanol–water partition coefficient (Wildman–Crippen LogP) is 6.68. The average molecular weight is 530 g/mol. The van der Waals surface area contributed by atoms with Crippen molar-refractivity contribution in [3.63, 3.8) is 0 Å². The summed E-state index contributed by atoms with van der Waals surface area (Å²) in [5.41, 5.74) is -1.34. The third-order valence-corrected chi connectivity index (χ3v) is 7.39. The fraction of sp³-hybridized carbons (Fsp3) is 0.615. The summed E-state index contributed by atoms with van der Waals surface area (Å²) in [5, 5.41) is 7.12. The smallest absolute Gasteiger partial charge is 0.435 e. The van der Waals surface area contributed by atoms with E-state index in [1.165, 1.54) is 12.1 Å². The first-order chi connectivity index (χ1) is 17.4. The monoisotopic (exact) mass is 529 g/mol. The highest BCUT2D eigenvalue weighted by atomic mass is 19.4. The summed E-state index contributed by atoms with van der Waals surface area (Å²) in [6.45, 7) is 4.77. The van der Waals surface area contributed by atoms with Gasteiger partial charge in [-0.25, -0.2) is 0 Å². The molecule has 5 rings (SSSR count). The van der Waals surface area contributed by atoms with E-state index in [-0.39, 0.29) is 30.0 Å². The molecule has 0 amide bonds. The quantitative estimate of drug-likeness (QED) is 0.375. The van der Waals surface area contributed by atoms with Gasteiger partial charge in [-0.15, -0.1) is 10.2 Å². The lowest BCUT2D eigenvalue weighted by molar-refractivity contribution is -0.141. The van der Waals surface area contributed by atoms with Crippen LogP contribution in [0.5, 0.6) is 5.75 Å². The topological polar surface area (TPSA) is 47.5 Å². The highest BCUT2D eigenvalue weighted by Gasteiger charge is 2.45. The molecule has 2 aliphatic carbocycles. The molecule has 0 N–H and O–H groups in total. The van der Waals surface area contributed by atoms with Crippen molar-refractivity contribution in [1.29, 1.82) is 0 Å². The van der Waals surface area contributed by atoms with Crippen molar-refractivity contribution < 1.29 is 35.8 Å². The van der Waals surface area contributed by atoms with E-state index in [2.05, 4.69) is 10.2 Å². The zero-order valence-corrected chi connectivity index (χ0v) is 20.5. The van der Waals surface area contributed by atoms with Gasteiger partial charge in [-0.1, -0.05) is 0 Å². The van der Waals surface area contributed by atoms with Crippen LogP contribution in [0.4, 0.5) is 32.2 Å². The van der Waals surface area contributed by atoms with E-state index in [0.717, 1.165) is 43.9 Å². The number of aromatic nitrogens is 2. The summed E-state index contributed by atoms with van der Waals surface area (Å²) < 4.78 is 91.8. The van der Waals surface area contributed by atoms with Crippen molar-refractivity contribution in [3.8, 4) is 5.75 Å². The first-order valence-electron chi connectivity index (χ1n) is 12.6. The maximum atomic E-state index is 13.6. The van der Waals surface area contributed by atoms with Gasteiger partial charge in [0.25, 0.3) is 0 Å². The van der Waals surface area contributed by atoms with Crippen LogP contribution in [0.1, 0.15) is 62.5 Å². The molecule has 1 aromatic carbocycles. The van der Waals surface area contributed by atoms with Crippen LogP contribution in [0, 0.1) is 17.8 Å². The summed E-state index contributed by atoms with van der Waals surface area (Å²) in [4.78, 5) is 1.91. The number of hydrogen-bond donors (Lipinski definition) is 0. The zero-order valence-electron chi connectivity index (χ0n) is 20.5. The van der Waals surface area contributed by atoms with Crippen molar-refractivity contribution in [2.45, 2.75) is 70.2 Å². The molecule has 3 aliphatic rings. The molecule has 2 bridgehead atoms. The van der Waals surface area contributed by atoms with Gasteiger partial charge < -0.3 is 14.4 Å². The molecule has 3 unspecified atom stereocenters. The maximum Gasteiger partial charge on any atom is 0.435 e. The fourth-order valence-electron chi connectivity index (χ4n) is 5.53. The van der Waals surface area contributed by atoms with Gasteiger partial charge in [-0.05, 0) is 75.8 Å². The number of alkyl halides is 6. The SMILES string of the molecule is CC(C)OC(c1cc(C(F)(F)F)ccc1OC1C2CCC1CN(c1ccc(C(F)(F)F)nn1)C2)C1CC1. The molecule has 202 valence electrons. The summed E-state index contributed by atoms with van der Waals surface area (Å²) in [7, 11) is 0. The molecule has 37 heavy (non-hydrogen) atoms. The Bertz CT molecular complexity index is 1090. The Morgan fingerprint density at radius 2 is 1.54 bits per heavy atom. The van der Waals surface area contributed by atoms with E-state index in [9.17, 15) is 26.3 Å². The van der Waals surface area contributed by atoms with E-state index in [4.69, 9.17) is 9.47 Å². The molecule has 0 spiro atoms. The number of nitrogens with zero attached hydrogens (tertiary/aromatic N) is 3. The van der Waals surface area contributed by atoms with Crippen LogP contribution in [0.3, 0.4) is 0 Å². The van der Waals surface area contributed by atoms with Gasteiger partial charge >= 0.3 is 12.4 Å². The molecule has 1 saturated heterocycles. The van der Waals surface area contributed by atoms with Crippen LogP contribution in [0.2, 0.25) is 0 Å². The van der Waals surface area contributed by atoms with Crippen molar-refractivity contribution in [1.82, 2.24) is 10.2 Å². The van der Waals surface area contributed by atoms with Gasteiger partial charge in [0.1, 0.15) is 11.9 Å². The number of halogens is 6. The minimum absolute atomic E-state index is 0.0587. The number of rotatable bonds is 7. The van der Waals surface area contributed by atoms with Crippen molar-refractivity contribution >= 4 is 5.82 Å². The highest BCUT2D eigenvalue weighted by Crippen LogP contribution is 2.49. The zero-order chi connectivity index (χ0) is 26.5. The normalized spacial score (nSPS) is 25.0. The van der Waals surface area contributed by atoms with Crippen LogP contribution in [0.15, 0.2) is 30.3 Å². The lowest BCUT2D eigenvalue weighted by atomic mass is 9.94. The molecule has 1 aromatic heterocycles. The van der Waals surface area contributed by atoms with E-state index < -0.39 is 29.7 Å². The molecule has 3 atom stereocenters. The predicted molar refractivity (Wildman–Crippen MR) is 123 cm³/mol. The number of ether oxygens (including phenoxy) is 2.